The van der Waals surface area contributed by atoms with E-state index in [1.165, 1.54) is 17.9 Å². The van der Waals surface area contributed by atoms with Gasteiger partial charge in [-0.15, -0.1) is 5.10 Å². The number of halogens is 1. The van der Waals surface area contributed by atoms with Crippen molar-refractivity contribution >= 4 is 29.5 Å². The van der Waals surface area contributed by atoms with Gasteiger partial charge in [-0.3, -0.25) is 15.3 Å². The van der Waals surface area contributed by atoms with Gasteiger partial charge in [0.1, 0.15) is 0 Å². The van der Waals surface area contributed by atoms with Gasteiger partial charge in [0.25, 0.3) is 5.91 Å². The lowest BCUT2D eigenvalue weighted by molar-refractivity contribution is 0.0705. The Balaban J connectivity index is 1.74. The number of carbonyl (C=O) groups is 1. The second-order valence-electron chi connectivity index (χ2n) is 4.28. The molecule has 0 bridgehead atoms. The monoisotopic (exact) mass is 332 g/mol. The summed E-state index contributed by atoms with van der Waals surface area (Å²) in [5.41, 5.74) is 2.30. The lowest BCUT2D eigenvalue weighted by Crippen LogP contribution is -2.19. The first-order valence-electron chi connectivity index (χ1n) is 6.28. The molecule has 10 heteroatoms. The predicted octanol–water partition coefficient (Wildman–Crippen LogP) is 2.04. The van der Waals surface area contributed by atoms with Gasteiger partial charge in [0, 0.05) is 23.0 Å². The third-order valence-electron chi connectivity index (χ3n) is 2.75. The molecule has 0 aliphatic heterocycles. The molecular weight excluding hydrogens is 324 g/mol. The highest BCUT2D eigenvalue weighted by Gasteiger charge is 2.11. The molecule has 0 fully saturated rings. The molecule has 0 radical (unpaired) electrons. The third kappa shape index (κ3) is 3.42. The number of hydroxylamine groups is 1. The summed E-state index contributed by atoms with van der Waals surface area (Å²) in [7, 11) is 0. The molecule has 2 aromatic heterocycles. The number of hydrogen-bond donors (Lipinski definition) is 3. The van der Waals surface area contributed by atoms with Gasteiger partial charge < -0.3 is 4.42 Å². The zero-order chi connectivity index (χ0) is 16.2. The molecule has 9 nitrogen and oxygen atoms in total. The Kier molecular flexibility index (Phi) is 4.13. The molecule has 0 unspecified atom stereocenters. The normalized spacial score (nSPS) is 10.3. The second kappa shape index (κ2) is 6.38. The number of nitrogens with one attached hydrogen (secondary N) is 2. The summed E-state index contributed by atoms with van der Waals surface area (Å²) >= 11 is 5.82. The van der Waals surface area contributed by atoms with Crippen molar-refractivity contribution in [1.82, 2.24) is 25.6 Å². The fourth-order valence-electron chi connectivity index (χ4n) is 1.65. The second-order valence-corrected chi connectivity index (χ2v) is 4.72. The molecule has 3 N–H and O–H groups in total. The SMILES string of the molecule is O=C(NO)c1cnc(Nc2nnc(-c3ccc(Cl)cc3)o2)nc1. The van der Waals surface area contributed by atoms with Crippen molar-refractivity contribution in [2.24, 2.45) is 0 Å². The molecule has 3 aromatic rings. The van der Waals surface area contributed by atoms with Gasteiger partial charge in [-0.2, -0.15) is 0 Å². The average Bonchev–Trinajstić information content (AvgIpc) is 3.04. The van der Waals surface area contributed by atoms with E-state index in [0.717, 1.165) is 0 Å². The van der Waals surface area contributed by atoms with Crippen LogP contribution in [0.5, 0.6) is 0 Å². The first-order valence-corrected chi connectivity index (χ1v) is 6.66. The van der Waals surface area contributed by atoms with E-state index in [-0.39, 0.29) is 17.5 Å². The van der Waals surface area contributed by atoms with Crippen molar-refractivity contribution < 1.29 is 14.4 Å². The Labute approximate surface area is 134 Å². The van der Waals surface area contributed by atoms with Gasteiger partial charge >= 0.3 is 6.01 Å². The molecule has 1 aromatic carbocycles. The summed E-state index contributed by atoms with van der Waals surface area (Å²) in [6.45, 7) is 0. The fourth-order valence-corrected chi connectivity index (χ4v) is 1.78. The van der Waals surface area contributed by atoms with Crippen molar-refractivity contribution in [2.75, 3.05) is 5.32 Å². The largest absolute Gasteiger partial charge is 0.403 e. The molecule has 0 aliphatic rings. The Bertz CT molecular complexity index is 818. The highest BCUT2D eigenvalue weighted by atomic mass is 35.5. The summed E-state index contributed by atoms with van der Waals surface area (Å²) in [6, 6.07) is 7.01. The number of carbonyl (C=O) groups excluding carboxylic acids is 1. The van der Waals surface area contributed by atoms with Crippen LogP contribution < -0.4 is 10.8 Å². The number of benzene rings is 1. The van der Waals surface area contributed by atoms with Gasteiger partial charge in [-0.25, -0.2) is 15.4 Å². The summed E-state index contributed by atoms with van der Waals surface area (Å²) in [5, 5.41) is 19.5. The van der Waals surface area contributed by atoms with Crippen LogP contribution in [0, 0.1) is 0 Å². The van der Waals surface area contributed by atoms with Crippen molar-refractivity contribution in [3.8, 4) is 11.5 Å². The van der Waals surface area contributed by atoms with Gasteiger partial charge in [-0.05, 0) is 24.3 Å². The molecule has 0 aliphatic carbocycles. The smallest absolute Gasteiger partial charge is 0.322 e. The number of rotatable bonds is 4. The molecule has 1 amide bonds. The van der Waals surface area contributed by atoms with Gasteiger partial charge in [-0.1, -0.05) is 16.7 Å². The van der Waals surface area contributed by atoms with Crippen molar-refractivity contribution in [2.45, 2.75) is 0 Å². The summed E-state index contributed by atoms with van der Waals surface area (Å²) < 4.78 is 5.44. The Morgan fingerprint density at radius 1 is 1.13 bits per heavy atom. The molecule has 0 atom stereocenters. The summed E-state index contributed by atoms with van der Waals surface area (Å²) in [4.78, 5) is 18.9. The molecule has 0 saturated carbocycles. The molecule has 0 spiro atoms. The van der Waals surface area contributed by atoms with Gasteiger partial charge in [0.15, 0.2) is 0 Å². The predicted molar refractivity (Wildman–Crippen MR) is 79.3 cm³/mol. The van der Waals surface area contributed by atoms with E-state index < -0.39 is 5.91 Å². The van der Waals surface area contributed by atoms with Crippen LogP contribution in [0.3, 0.4) is 0 Å². The Morgan fingerprint density at radius 3 is 2.48 bits per heavy atom. The van der Waals surface area contributed by atoms with E-state index in [1.54, 1.807) is 24.3 Å². The topological polar surface area (TPSA) is 126 Å². The van der Waals surface area contributed by atoms with Gasteiger partial charge in [0.2, 0.25) is 11.8 Å². The van der Waals surface area contributed by atoms with E-state index in [2.05, 4.69) is 25.5 Å². The minimum absolute atomic E-state index is 0.0920. The van der Waals surface area contributed by atoms with Crippen LogP contribution >= 0.6 is 11.6 Å². The molecular formula is C13H9ClN6O3. The van der Waals surface area contributed by atoms with E-state index in [0.29, 0.717) is 16.5 Å². The lowest BCUT2D eigenvalue weighted by Gasteiger charge is -2.00. The third-order valence-corrected chi connectivity index (χ3v) is 3.00. The van der Waals surface area contributed by atoms with E-state index in [1.807, 2.05) is 0 Å². The number of hydrogen-bond acceptors (Lipinski definition) is 8. The highest BCUT2D eigenvalue weighted by Crippen LogP contribution is 2.22. The van der Waals surface area contributed by atoms with Crippen LogP contribution in [0.1, 0.15) is 10.4 Å². The Hall–Kier alpha value is -3.04. The van der Waals surface area contributed by atoms with Crippen molar-refractivity contribution in [3.05, 3.63) is 47.2 Å². The number of aromatic nitrogens is 4. The van der Waals surface area contributed by atoms with Crippen LogP contribution in [0.4, 0.5) is 12.0 Å². The van der Waals surface area contributed by atoms with Crippen LogP contribution in [-0.2, 0) is 0 Å². The van der Waals surface area contributed by atoms with Crippen LogP contribution in [-0.4, -0.2) is 31.3 Å². The molecule has 23 heavy (non-hydrogen) atoms. The molecule has 3 rings (SSSR count). The van der Waals surface area contributed by atoms with Crippen molar-refractivity contribution in [1.29, 1.82) is 0 Å². The molecule has 2 heterocycles. The van der Waals surface area contributed by atoms with E-state index in [9.17, 15) is 4.79 Å². The first kappa shape index (κ1) is 14.9. The average molecular weight is 333 g/mol. The standard InChI is InChI=1S/C13H9ClN6O3/c14-9-3-1-7(2-4-9)11-18-19-13(23-11)17-12-15-5-8(6-16-12)10(21)20-22/h1-6,22H,(H,20,21)(H,15,16,17,19). The number of amides is 1. The Morgan fingerprint density at radius 2 is 1.83 bits per heavy atom. The first-order chi connectivity index (χ1) is 11.2. The molecule has 0 saturated heterocycles. The van der Waals surface area contributed by atoms with Crippen molar-refractivity contribution in [3.63, 3.8) is 0 Å². The number of anilines is 2. The van der Waals surface area contributed by atoms with E-state index >= 15 is 0 Å². The zero-order valence-corrected chi connectivity index (χ0v) is 12.2. The van der Waals surface area contributed by atoms with Crippen LogP contribution in [0.15, 0.2) is 41.1 Å². The maximum atomic E-state index is 11.2. The summed E-state index contributed by atoms with van der Waals surface area (Å²) in [5.74, 6) is -0.245. The zero-order valence-electron chi connectivity index (χ0n) is 11.4. The minimum Gasteiger partial charge on any atom is -0.403 e. The maximum absolute atomic E-state index is 11.2. The fraction of sp³-hybridized carbons (Fsp3) is 0. The minimum atomic E-state index is -0.709. The highest BCUT2D eigenvalue weighted by molar-refractivity contribution is 6.30. The maximum Gasteiger partial charge on any atom is 0.322 e. The van der Waals surface area contributed by atoms with Crippen LogP contribution in [0.25, 0.3) is 11.5 Å². The lowest BCUT2D eigenvalue weighted by atomic mass is 10.2. The number of nitrogens with zero attached hydrogens (tertiary/aromatic N) is 4. The van der Waals surface area contributed by atoms with Crippen LogP contribution in [0.2, 0.25) is 5.02 Å². The molecule has 116 valence electrons. The summed E-state index contributed by atoms with van der Waals surface area (Å²) in [6.07, 6.45) is 2.47. The van der Waals surface area contributed by atoms with Gasteiger partial charge in [0.05, 0.1) is 5.56 Å². The van der Waals surface area contributed by atoms with E-state index in [4.69, 9.17) is 21.2 Å². The quantitative estimate of drug-likeness (QED) is 0.489.